The number of benzene rings is 1. The maximum absolute atomic E-state index is 12.5. The quantitative estimate of drug-likeness (QED) is 0.726. The number of aromatic nitrogens is 1. The summed E-state index contributed by atoms with van der Waals surface area (Å²) < 4.78 is 10.7. The Labute approximate surface area is 182 Å². The Balaban J connectivity index is 1.33. The monoisotopic (exact) mass is 429 g/mol. The van der Waals surface area contributed by atoms with E-state index >= 15 is 0 Å². The first kappa shape index (κ1) is 21.1. The van der Waals surface area contributed by atoms with E-state index in [1.54, 1.807) is 25.6 Å². The highest BCUT2D eigenvalue weighted by atomic mass is 32.1. The van der Waals surface area contributed by atoms with Crippen LogP contribution in [-0.4, -0.2) is 55.7 Å². The average molecular weight is 430 g/mol. The van der Waals surface area contributed by atoms with Gasteiger partial charge in [-0.1, -0.05) is 6.42 Å². The Morgan fingerprint density at radius 1 is 1.17 bits per heavy atom. The lowest BCUT2D eigenvalue weighted by Crippen LogP contribution is -2.51. The summed E-state index contributed by atoms with van der Waals surface area (Å²) in [6.07, 6.45) is 6.72. The fraction of sp³-hybridized carbons (Fsp3) is 0.565. The van der Waals surface area contributed by atoms with Crippen LogP contribution in [0.4, 0.5) is 0 Å². The Kier molecular flexibility index (Phi) is 6.89. The van der Waals surface area contributed by atoms with E-state index in [1.165, 1.54) is 45.2 Å². The molecule has 0 bridgehead atoms. The fourth-order valence-corrected chi connectivity index (χ4v) is 5.59. The van der Waals surface area contributed by atoms with Crippen molar-refractivity contribution in [1.29, 1.82) is 0 Å². The van der Waals surface area contributed by atoms with E-state index in [4.69, 9.17) is 9.47 Å². The normalized spacial score (nSPS) is 21.7. The molecule has 2 aromatic rings. The molecule has 162 valence electrons. The van der Waals surface area contributed by atoms with E-state index < -0.39 is 0 Å². The van der Waals surface area contributed by atoms with E-state index in [0.29, 0.717) is 29.9 Å². The molecular formula is C23H31N3O3S. The number of carbonyl (C=O) groups is 1. The first-order valence-electron chi connectivity index (χ1n) is 10.9. The minimum Gasteiger partial charge on any atom is -0.493 e. The van der Waals surface area contributed by atoms with Gasteiger partial charge in [0.25, 0.3) is 0 Å². The van der Waals surface area contributed by atoms with Crippen LogP contribution in [0.2, 0.25) is 0 Å². The maximum atomic E-state index is 12.5. The predicted molar refractivity (Wildman–Crippen MR) is 119 cm³/mol. The molecule has 2 atom stereocenters. The van der Waals surface area contributed by atoms with E-state index in [2.05, 4.69) is 15.2 Å². The van der Waals surface area contributed by atoms with E-state index in [-0.39, 0.29) is 5.91 Å². The molecule has 2 fully saturated rings. The molecule has 1 aromatic heterocycles. The van der Waals surface area contributed by atoms with E-state index in [9.17, 15) is 4.79 Å². The Hall–Kier alpha value is -2.12. The Morgan fingerprint density at radius 3 is 2.83 bits per heavy atom. The van der Waals surface area contributed by atoms with Crippen LogP contribution in [0.5, 0.6) is 11.5 Å². The molecule has 2 aliphatic rings. The van der Waals surface area contributed by atoms with Crippen LogP contribution >= 0.6 is 11.3 Å². The van der Waals surface area contributed by atoms with Gasteiger partial charge in [0.1, 0.15) is 5.01 Å². The van der Waals surface area contributed by atoms with Gasteiger partial charge in [-0.15, -0.1) is 11.3 Å². The zero-order chi connectivity index (χ0) is 20.9. The molecule has 30 heavy (non-hydrogen) atoms. The first-order chi connectivity index (χ1) is 14.7. The third-order valence-electron chi connectivity index (χ3n) is 6.31. The molecule has 0 aliphatic carbocycles. The molecule has 0 saturated carbocycles. The number of nitrogens with zero attached hydrogens (tertiary/aromatic N) is 2. The summed E-state index contributed by atoms with van der Waals surface area (Å²) in [4.78, 5) is 19.9. The summed E-state index contributed by atoms with van der Waals surface area (Å²) in [6.45, 7) is 3.24. The Morgan fingerprint density at radius 2 is 2.00 bits per heavy atom. The number of carbonyl (C=O) groups excluding carboxylic acids is 1. The van der Waals surface area contributed by atoms with Crippen LogP contribution in [-0.2, 0) is 11.2 Å². The van der Waals surface area contributed by atoms with Crippen molar-refractivity contribution in [2.75, 3.05) is 33.9 Å². The number of nitrogens with one attached hydrogen (secondary N) is 1. The molecule has 1 aromatic carbocycles. The molecule has 4 rings (SSSR count). The van der Waals surface area contributed by atoms with Crippen LogP contribution in [0.25, 0.3) is 10.6 Å². The van der Waals surface area contributed by atoms with Gasteiger partial charge in [-0.25, -0.2) is 4.98 Å². The number of amides is 1. The van der Waals surface area contributed by atoms with Crippen molar-refractivity contribution >= 4 is 17.2 Å². The van der Waals surface area contributed by atoms with Crippen molar-refractivity contribution in [2.24, 2.45) is 5.92 Å². The van der Waals surface area contributed by atoms with Crippen molar-refractivity contribution in [3.8, 4) is 22.1 Å². The summed E-state index contributed by atoms with van der Waals surface area (Å²) >= 11 is 1.54. The number of methoxy groups -OCH3 is 2. The summed E-state index contributed by atoms with van der Waals surface area (Å²) in [5.74, 6) is 2.01. The Bertz CT molecular complexity index is 867. The molecule has 0 radical (unpaired) electrons. The van der Waals surface area contributed by atoms with Crippen molar-refractivity contribution in [3.63, 3.8) is 0 Å². The minimum absolute atomic E-state index is 0.0621. The lowest BCUT2D eigenvalue weighted by atomic mass is 9.83. The standard InChI is InChI=1S/C23H31N3O3S/c1-28-20-9-8-16(12-21(20)29-2)23-25-18(15-30-23)13-22(27)24-14-17-6-5-11-26-10-4-3-7-19(17)26/h8-9,12,15,17,19H,3-7,10-11,13-14H2,1-2H3,(H,24,27)/t17-,19-/m1/s1. The van der Waals surface area contributed by atoms with E-state index in [0.717, 1.165) is 22.8 Å². The number of rotatable bonds is 7. The third kappa shape index (κ3) is 4.78. The maximum Gasteiger partial charge on any atom is 0.226 e. The number of piperidine rings is 2. The summed E-state index contributed by atoms with van der Waals surface area (Å²) in [5.41, 5.74) is 1.77. The number of thiazole rings is 1. The summed E-state index contributed by atoms with van der Waals surface area (Å²) in [5, 5.41) is 6.02. The van der Waals surface area contributed by atoms with Gasteiger partial charge in [0, 0.05) is 23.5 Å². The zero-order valence-electron chi connectivity index (χ0n) is 17.9. The van der Waals surface area contributed by atoms with Crippen LogP contribution in [0.15, 0.2) is 23.6 Å². The molecule has 0 spiro atoms. The topological polar surface area (TPSA) is 63.7 Å². The summed E-state index contributed by atoms with van der Waals surface area (Å²) in [7, 11) is 3.24. The van der Waals surface area contributed by atoms with Crippen LogP contribution in [0.1, 0.15) is 37.8 Å². The van der Waals surface area contributed by atoms with Gasteiger partial charge in [-0.05, 0) is 62.9 Å². The smallest absolute Gasteiger partial charge is 0.226 e. The van der Waals surface area contributed by atoms with Gasteiger partial charge < -0.3 is 19.7 Å². The lowest BCUT2D eigenvalue weighted by Gasteiger charge is -2.44. The highest BCUT2D eigenvalue weighted by Crippen LogP contribution is 2.34. The average Bonchev–Trinajstić information content (AvgIpc) is 3.25. The minimum atomic E-state index is 0.0621. The molecule has 7 heteroatoms. The largest absolute Gasteiger partial charge is 0.493 e. The lowest BCUT2D eigenvalue weighted by molar-refractivity contribution is -0.120. The number of ether oxygens (including phenoxy) is 2. The molecule has 1 amide bonds. The molecular weight excluding hydrogens is 398 g/mol. The second-order valence-corrected chi connectivity index (χ2v) is 9.05. The fourth-order valence-electron chi connectivity index (χ4n) is 4.78. The highest BCUT2D eigenvalue weighted by Gasteiger charge is 2.32. The number of hydrogen-bond acceptors (Lipinski definition) is 6. The van der Waals surface area contributed by atoms with Gasteiger partial charge in [-0.3, -0.25) is 4.79 Å². The molecule has 6 nitrogen and oxygen atoms in total. The van der Waals surface area contributed by atoms with Gasteiger partial charge >= 0.3 is 0 Å². The first-order valence-corrected chi connectivity index (χ1v) is 11.7. The van der Waals surface area contributed by atoms with Gasteiger partial charge in [-0.2, -0.15) is 0 Å². The van der Waals surface area contributed by atoms with Crippen LogP contribution < -0.4 is 14.8 Å². The molecule has 0 unspecified atom stereocenters. The molecule has 2 saturated heterocycles. The van der Waals surface area contributed by atoms with Gasteiger partial charge in [0.2, 0.25) is 5.91 Å². The van der Waals surface area contributed by atoms with Crippen LogP contribution in [0.3, 0.4) is 0 Å². The van der Waals surface area contributed by atoms with Gasteiger partial charge in [0.05, 0.1) is 26.3 Å². The van der Waals surface area contributed by atoms with Crippen molar-refractivity contribution in [1.82, 2.24) is 15.2 Å². The SMILES string of the molecule is COc1ccc(-c2nc(CC(=O)NC[C@H]3CCCN4CCCC[C@H]34)cs2)cc1OC. The van der Waals surface area contributed by atoms with Crippen molar-refractivity contribution < 1.29 is 14.3 Å². The van der Waals surface area contributed by atoms with Crippen molar-refractivity contribution in [2.45, 2.75) is 44.6 Å². The molecule has 1 N–H and O–H groups in total. The highest BCUT2D eigenvalue weighted by molar-refractivity contribution is 7.13. The second-order valence-electron chi connectivity index (χ2n) is 8.20. The van der Waals surface area contributed by atoms with Crippen molar-refractivity contribution in [3.05, 3.63) is 29.3 Å². The number of fused-ring (bicyclic) bond motifs is 1. The summed E-state index contributed by atoms with van der Waals surface area (Å²) in [6, 6.07) is 6.41. The molecule has 3 heterocycles. The predicted octanol–water partition coefficient (Wildman–Crippen LogP) is 3.75. The number of hydrogen-bond donors (Lipinski definition) is 1. The van der Waals surface area contributed by atoms with E-state index in [1.807, 2.05) is 23.6 Å². The molecule has 2 aliphatic heterocycles. The van der Waals surface area contributed by atoms with Crippen LogP contribution in [0, 0.1) is 5.92 Å². The second kappa shape index (κ2) is 9.79. The zero-order valence-corrected chi connectivity index (χ0v) is 18.7. The van der Waals surface area contributed by atoms with Gasteiger partial charge in [0.15, 0.2) is 11.5 Å². The third-order valence-corrected chi connectivity index (χ3v) is 7.25.